The zero-order valence-electron chi connectivity index (χ0n) is 6.83. The average Bonchev–Trinajstić information content (AvgIpc) is 2.44. The first-order valence-electron chi connectivity index (χ1n) is 4.02. The molecule has 1 heterocycles. The molecular formula is C9H7NOS2. The normalized spacial score (nSPS) is 15.2. The van der Waals surface area contributed by atoms with Crippen molar-refractivity contribution in [3.63, 3.8) is 0 Å². The van der Waals surface area contributed by atoms with Gasteiger partial charge >= 0.3 is 0 Å². The van der Waals surface area contributed by atoms with Crippen LogP contribution in [0.15, 0.2) is 4.21 Å². The lowest BCUT2D eigenvalue weighted by molar-refractivity contribution is 0.0970. The molecule has 1 aliphatic carbocycles. The summed E-state index contributed by atoms with van der Waals surface area (Å²) in [6.45, 7) is 0. The summed E-state index contributed by atoms with van der Waals surface area (Å²) in [5, 5.41) is 8.81. The van der Waals surface area contributed by atoms with Gasteiger partial charge in [0, 0.05) is 12.0 Å². The van der Waals surface area contributed by atoms with Crippen molar-refractivity contribution in [1.29, 1.82) is 5.26 Å². The average molecular weight is 209 g/mol. The van der Waals surface area contributed by atoms with E-state index in [-0.39, 0.29) is 5.78 Å². The molecule has 0 saturated carbocycles. The molecular weight excluding hydrogens is 202 g/mol. The van der Waals surface area contributed by atoms with Crippen LogP contribution in [-0.2, 0) is 6.42 Å². The van der Waals surface area contributed by atoms with E-state index >= 15 is 0 Å². The van der Waals surface area contributed by atoms with Gasteiger partial charge in [0.25, 0.3) is 0 Å². The van der Waals surface area contributed by atoms with Crippen LogP contribution in [0.5, 0.6) is 0 Å². The maximum atomic E-state index is 11.5. The Labute approximate surface area is 85.6 Å². The van der Waals surface area contributed by atoms with Crippen LogP contribution >= 0.6 is 24.0 Å². The molecule has 0 fully saturated rings. The van der Waals surface area contributed by atoms with Gasteiger partial charge < -0.3 is 0 Å². The number of nitriles is 1. The second kappa shape index (κ2) is 3.17. The third-order valence-corrected chi connectivity index (χ3v) is 3.64. The second-order valence-corrected chi connectivity index (χ2v) is 4.75. The van der Waals surface area contributed by atoms with Gasteiger partial charge in [-0.1, -0.05) is 0 Å². The minimum absolute atomic E-state index is 0.143. The summed E-state index contributed by atoms with van der Waals surface area (Å²) in [6.07, 6.45) is 2.31. The van der Waals surface area contributed by atoms with Gasteiger partial charge in [-0.25, -0.2) is 0 Å². The quantitative estimate of drug-likeness (QED) is 0.667. The molecule has 66 valence electrons. The summed E-state index contributed by atoms with van der Waals surface area (Å²) in [7, 11) is 0. The monoisotopic (exact) mass is 209 g/mol. The Morgan fingerprint density at radius 2 is 2.23 bits per heavy atom. The second-order valence-electron chi connectivity index (χ2n) is 2.98. The Balaban J connectivity index is 2.66. The minimum Gasteiger partial charge on any atom is -0.294 e. The summed E-state index contributed by atoms with van der Waals surface area (Å²) in [4.78, 5) is 12.1. The fraction of sp³-hybridized carbons (Fsp3) is 0.333. The van der Waals surface area contributed by atoms with Crippen molar-refractivity contribution in [3.05, 3.63) is 16.0 Å². The topological polar surface area (TPSA) is 40.9 Å². The minimum atomic E-state index is 0.143. The van der Waals surface area contributed by atoms with Crippen molar-refractivity contribution in [1.82, 2.24) is 0 Å². The van der Waals surface area contributed by atoms with Crippen molar-refractivity contribution in [2.45, 2.75) is 23.5 Å². The van der Waals surface area contributed by atoms with Crippen molar-refractivity contribution in [2.75, 3.05) is 0 Å². The molecule has 2 rings (SSSR count). The molecule has 0 atom stereocenters. The predicted molar refractivity (Wildman–Crippen MR) is 53.6 cm³/mol. The van der Waals surface area contributed by atoms with Gasteiger partial charge in [0.05, 0.1) is 4.21 Å². The summed E-state index contributed by atoms with van der Waals surface area (Å²) in [5.41, 5.74) is 1.63. The fourth-order valence-electron chi connectivity index (χ4n) is 1.62. The number of carbonyl (C=O) groups excluding carboxylic acids is 1. The Morgan fingerprint density at radius 3 is 2.92 bits per heavy atom. The number of hydrogen-bond donors (Lipinski definition) is 1. The van der Waals surface area contributed by atoms with Gasteiger partial charge in [-0.15, -0.1) is 24.0 Å². The molecule has 0 bridgehead atoms. The molecule has 0 saturated heterocycles. The maximum Gasteiger partial charge on any atom is 0.165 e. The SMILES string of the molecule is N#Cc1sc(S)c2c1CCCC2=O. The van der Waals surface area contributed by atoms with Gasteiger partial charge in [-0.3, -0.25) is 4.79 Å². The van der Waals surface area contributed by atoms with Crippen molar-refractivity contribution < 1.29 is 4.79 Å². The molecule has 1 aliphatic rings. The number of hydrogen-bond acceptors (Lipinski definition) is 4. The molecule has 0 radical (unpaired) electrons. The lowest BCUT2D eigenvalue weighted by Gasteiger charge is -2.10. The van der Waals surface area contributed by atoms with Crippen LogP contribution in [-0.4, -0.2) is 5.78 Å². The number of ketones is 1. The predicted octanol–water partition coefficient (Wildman–Crippen LogP) is 2.43. The van der Waals surface area contributed by atoms with E-state index in [0.29, 0.717) is 21.1 Å². The van der Waals surface area contributed by atoms with Crippen LogP contribution in [0.2, 0.25) is 0 Å². The molecule has 1 aromatic rings. The molecule has 0 amide bonds. The highest BCUT2D eigenvalue weighted by Crippen LogP contribution is 2.35. The number of thiophene rings is 1. The first-order valence-corrected chi connectivity index (χ1v) is 5.28. The summed E-state index contributed by atoms with van der Waals surface area (Å²) in [5.74, 6) is 0.143. The number of nitrogens with zero attached hydrogens (tertiary/aromatic N) is 1. The Hall–Kier alpha value is -0.790. The Bertz CT molecular complexity index is 414. The molecule has 0 aliphatic heterocycles. The lowest BCUT2D eigenvalue weighted by Crippen LogP contribution is -2.09. The van der Waals surface area contributed by atoms with Crippen molar-refractivity contribution in [2.24, 2.45) is 0 Å². The molecule has 0 spiro atoms. The summed E-state index contributed by atoms with van der Waals surface area (Å²) in [6, 6.07) is 2.11. The van der Waals surface area contributed by atoms with Gasteiger partial charge in [0.15, 0.2) is 5.78 Å². The van der Waals surface area contributed by atoms with Gasteiger partial charge in [-0.05, 0) is 18.4 Å². The number of carbonyl (C=O) groups is 1. The largest absolute Gasteiger partial charge is 0.294 e. The van der Waals surface area contributed by atoms with Crippen molar-refractivity contribution in [3.8, 4) is 6.07 Å². The van der Waals surface area contributed by atoms with Gasteiger partial charge in [0.1, 0.15) is 10.9 Å². The first kappa shape index (κ1) is 8.79. The molecule has 4 heteroatoms. The molecule has 13 heavy (non-hydrogen) atoms. The Morgan fingerprint density at radius 1 is 1.46 bits per heavy atom. The standard InChI is InChI=1S/C9H7NOS2/c10-4-7-5-2-1-3-6(11)8(5)9(12)13-7/h12H,1-3H2. The number of rotatable bonds is 0. The van der Waals surface area contributed by atoms with Crippen LogP contribution in [0.1, 0.15) is 33.6 Å². The van der Waals surface area contributed by atoms with Crippen LogP contribution in [0.25, 0.3) is 0 Å². The maximum absolute atomic E-state index is 11.5. The molecule has 0 aromatic carbocycles. The van der Waals surface area contributed by atoms with Crippen molar-refractivity contribution >= 4 is 29.7 Å². The van der Waals surface area contributed by atoms with Crippen LogP contribution in [0, 0.1) is 11.3 Å². The third-order valence-electron chi connectivity index (χ3n) is 2.20. The molecule has 1 aromatic heterocycles. The molecule has 0 unspecified atom stereocenters. The van der Waals surface area contributed by atoms with Crippen LogP contribution in [0.4, 0.5) is 0 Å². The van der Waals surface area contributed by atoms with E-state index in [1.807, 2.05) is 0 Å². The lowest BCUT2D eigenvalue weighted by atomic mass is 9.93. The summed E-state index contributed by atoms with van der Waals surface area (Å²) < 4.78 is 0.705. The number of thiol groups is 1. The fourth-order valence-corrected chi connectivity index (χ4v) is 3.06. The van der Waals surface area contributed by atoms with E-state index < -0.39 is 0 Å². The van der Waals surface area contributed by atoms with Crippen LogP contribution < -0.4 is 0 Å². The van der Waals surface area contributed by atoms with E-state index in [2.05, 4.69) is 18.7 Å². The highest BCUT2D eigenvalue weighted by Gasteiger charge is 2.25. The Kier molecular flexibility index (Phi) is 2.14. The smallest absolute Gasteiger partial charge is 0.165 e. The molecule has 2 nitrogen and oxygen atoms in total. The van der Waals surface area contributed by atoms with E-state index in [4.69, 9.17) is 5.26 Å². The highest BCUT2D eigenvalue weighted by molar-refractivity contribution is 7.83. The number of fused-ring (bicyclic) bond motifs is 1. The van der Waals surface area contributed by atoms with Gasteiger partial charge in [-0.2, -0.15) is 5.26 Å². The molecule has 0 N–H and O–H groups in total. The summed E-state index contributed by atoms with van der Waals surface area (Å²) >= 11 is 5.53. The van der Waals surface area contributed by atoms with E-state index in [1.54, 1.807) is 0 Å². The van der Waals surface area contributed by atoms with E-state index in [9.17, 15) is 4.79 Å². The van der Waals surface area contributed by atoms with E-state index in [1.165, 1.54) is 11.3 Å². The van der Waals surface area contributed by atoms with E-state index in [0.717, 1.165) is 18.4 Å². The highest BCUT2D eigenvalue weighted by atomic mass is 32.2. The van der Waals surface area contributed by atoms with Crippen LogP contribution in [0.3, 0.4) is 0 Å². The van der Waals surface area contributed by atoms with Gasteiger partial charge in [0.2, 0.25) is 0 Å². The zero-order valence-corrected chi connectivity index (χ0v) is 8.54. The zero-order chi connectivity index (χ0) is 9.42. The third kappa shape index (κ3) is 1.28. The number of Topliss-reactive ketones (excluding diaryl/α,β-unsaturated/α-hetero) is 1. The first-order chi connectivity index (χ1) is 6.24.